The summed E-state index contributed by atoms with van der Waals surface area (Å²) in [5.74, 6) is 1.93. The fourth-order valence-corrected chi connectivity index (χ4v) is 9.79. The molecule has 1 aromatic heterocycles. The number of hydrogen-bond acceptors (Lipinski definition) is 3. The van der Waals surface area contributed by atoms with Gasteiger partial charge in [-0.15, -0.1) is 0 Å². The first-order valence-corrected chi connectivity index (χ1v) is 20.2. The molecule has 0 aliphatic heterocycles. The first kappa shape index (κ1) is 33.4. The Morgan fingerprint density at radius 2 is 0.678 bits per heavy atom. The third kappa shape index (κ3) is 5.05. The van der Waals surface area contributed by atoms with Crippen LogP contribution in [0, 0.1) is 0 Å². The number of rotatable bonds is 5. The maximum Gasteiger partial charge on any atom is 0.164 e. The summed E-state index contributed by atoms with van der Waals surface area (Å²) in [6.45, 7) is 0. The summed E-state index contributed by atoms with van der Waals surface area (Å²) in [5.41, 5.74) is 17.7. The number of benzene rings is 9. The van der Waals surface area contributed by atoms with E-state index in [2.05, 4.69) is 188 Å². The monoisotopic (exact) mass is 749 g/mol. The van der Waals surface area contributed by atoms with Gasteiger partial charge in [0, 0.05) is 16.7 Å². The average Bonchev–Trinajstić information content (AvgIpc) is 3.80. The van der Waals surface area contributed by atoms with Crippen molar-refractivity contribution >= 4 is 10.8 Å². The molecular formula is C56H35N3. The van der Waals surface area contributed by atoms with E-state index in [0.29, 0.717) is 17.5 Å². The fraction of sp³-hybridized carbons (Fsp3) is 0.0179. The van der Waals surface area contributed by atoms with Crippen LogP contribution in [0.1, 0.15) is 22.3 Å². The molecule has 9 aromatic carbocycles. The molecule has 0 fully saturated rings. The zero-order valence-electron chi connectivity index (χ0n) is 32.0. The van der Waals surface area contributed by atoms with Gasteiger partial charge in [-0.3, -0.25) is 0 Å². The first-order chi connectivity index (χ1) is 29.3. The van der Waals surface area contributed by atoms with E-state index in [1.165, 1.54) is 66.4 Å². The molecule has 0 bridgehead atoms. The summed E-state index contributed by atoms with van der Waals surface area (Å²) in [5, 5.41) is 2.51. The molecule has 0 radical (unpaired) electrons. The van der Waals surface area contributed by atoms with Gasteiger partial charge < -0.3 is 0 Å². The number of aromatic nitrogens is 3. The van der Waals surface area contributed by atoms with Gasteiger partial charge in [-0.1, -0.05) is 206 Å². The normalized spacial score (nSPS) is 12.9. The van der Waals surface area contributed by atoms with Crippen molar-refractivity contribution in [1.82, 2.24) is 15.0 Å². The molecule has 2 aliphatic carbocycles. The Bertz CT molecular complexity index is 3200. The minimum absolute atomic E-state index is 0.441. The molecule has 3 nitrogen and oxygen atoms in total. The summed E-state index contributed by atoms with van der Waals surface area (Å²) in [4.78, 5) is 15.2. The van der Waals surface area contributed by atoms with E-state index in [1.54, 1.807) is 0 Å². The lowest BCUT2D eigenvalue weighted by Crippen LogP contribution is -2.26. The SMILES string of the molecule is c1ccc(-c2ccc(-c3nc(-c4ccccc4)nc(-c4ccc(-c5cc6ccccc6c6c5-c5ccccc5C65c6ccccc6-c6ccccc65)cc4)n3)cc2)cc1. The molecule has 0 atom stereocenters. The minimum atomic E-state index is -0.441. The van der Waals surface area contributed by atoms with Crippen molar-refractivity contribution in [3.8, 4) is 78.7 Å². The van der Waals surface area contributed by atoms with Crippen LogP contribution in [-0.4, -0.2) is 15.0 Å². The molecule has 0 saturated carbocycles. The molecule has 10 aromatic rings. The maximum atomic E-state index is 5.10. The number of hydrogen-bond donors (Lipinski definition) is 0. The van der Waals surface area contributed by atoms with Gasteiger partial charge in [0.25, 0.3) is 0 Å². The Morgan fingerprint density at radius 1 is 0.288 bits per heavy atom. The van der Waals surface area contributed by atoms with E-state index in [9.17, 15) is 0 Å². The van der Waals surface area contributed by atoms with E-state index in [-0.39, 0.29) is 0 Å². The predicted octanol–water partition coefficient (Wildman–Crippen LogP) is 13.7. The summed E-state index contributed by atoms with van der Waals surface area (Å²) in [6, 6.07) is 76.3. The maximum absolute atomic E-state index is 5.10. The average molecular weight is 750 g/mol. The summed E-state index contributed by atoms with van der Waals surface area (Å²) in [6.07, 6.45) is 0. The molecule has 274 valence electrons. The third-order valence-corrected chi connectivity index (χ3v) is 12.3. The van der Waals surface area contributed by atoms with Crippen molar-refractivity contribution in [1.29, 1.82) is 0 Å². The van der Waals surface area contributed by atoms with Crippen molar-refractivity contribution < 1.29 is 0 Å². The number of nitrogens with zero attached hydrogens (tertiary/aromatic N) is 3. The van der Waals surface area contributed by atoms with Gasteiger partial charge in [0.15, 0.2) is 17.5 Å². The summed E-state index contributed by atoms with van der Waals surface area (Å²) >= 11 is 0. The largest absolute Gasteiger partial charge is 0.208 e. The van der Waals surface area contributed by atoms with Gasteiger partial charge in [0.05, 0.1) is 5.41 Å². The molecule has 12 rings (SSSR count). The first-order valence-electron chi connectivity index (χ1n) is 20.2. The smallest absolute Gasteiger partial charge is 0.164 e. The topological polar surface area (TPSA) is 38.7 Å². The summed E-state index contributed by atoms with van der Waals surface area (Å²) in [7, 11) is 0. The lowest BCUT2D eigenvalue weighted by molar-refractivity contribution is 0.801. The standard InChI is InChI=1S/C56H35N3/c1-3-15-36(16-4-1)37-27-31-40(32-28-37)54-57-53(39-17-5-2-6-18-39)58-55(59-54)41-33-29-38(30-34-41)47-35-42-19-7-8-20-43(42)52-51(47)46-23-11-14-26-50(46)56(52)48-24-12-9-21-44(48)45-22-10-13-25-49(45)56/h1-35H. The molecular weight excluding hydrogens is 715 g/mol. The molecule has 0 saturated heterocycles. The quantitative estimate of drug-likeness (QED) is 0.176. The Kier molecular flexibility index (Phi) is 7.45. The van der Waals surface area contributed by atoms with Crippen molar-refractivity contribution in [2.75, 3.05) is 0 Å². The molecule has 0 amide bonds. The number of fused-ring (bicyclic) bond motifs is 12. The highest BCUT2D eigenvalue weighted by molar-refractivity contribution is 6.09. The molecule has 1 spiro atoms. The van der Waals surface area contributed by atoms with Crippen molar-refractivity contribution in [3.63, 3.8) is 0 Å². The van der Waals surface area contributed by atoms with E-state index < -0.39 is 5.41 Å². The fourth-order valence-electron chi connectivity index (χ4n) is 9.79. The van der Waals surface area contributed by atoms with Crippen LogP contribution in [0.15, 0.2) is 212 Å². The Hall–Kier alpha value is -7.75. The van der Waals surface area contributed by atoms with Gasteiger partial charge in [-0.2, -0.15) is 0 Å². The molecule has 0 N–H and O–H groups in total. The molecule has 0 unspecified atom stereocenters. The van der Waals surface area contributed by atoms with Gasteiger partial charge in [-0.05, 0) is 83.6 Å². The van der Waals surface area contributed by atoms with Gasteiger partial charge in [-0.25, -0.2) is 15.0 Å². The van der Waals surface area contributed by atoms with Crippen LogP contribution in [0.3, 0.4) is 0 Å². The zero-order valence-corrected chi connectivity index (χ0v) is 32.0. The second-order valence-electron chi connectivity index (χ2n) is 15.5. The second kappa shape index (κ2) is 13.2. The van der Waals surface area contributed by atoms with Crippen LogP contribution in [-0.2, 0) is 5.41 Å². The van der Waals surface area contributed by atoms with E-state index in [4.69, 9.17) is 15.0 Å². The Balaban J connectivity index is 1.03. The van der Waals surface area contributed by atoms with Crippen LogP contribution in [0.5, 0.6) is 0 Å². The molecule has 3 heteroatoms. The lowest BCUT2D eigenvalue weighted by atomic mass is 9.69. The Morgan fingerprint density at radius 3 is 1.25 bits per heavy atom. The predicted molar refractivity (Wildman–Crippen MR) is 241 cm³/mol. The van der Waals surface area contributed by atoms with Crippen LogP contribution >= 0.6 is 0 Å². The van der Waals surface area contributed by atoms with Crippen molar-refractivity contribution in [2.45, 2.75) is 5.41 Å². The third-order valence-electron chi connectivity index (χ3n) is 12.3. The van der Waals surface area contributed by atoms with Gasteiger partial charge in [0.2, 0.25) is 0 Å². The van der Waals surface area contributed by atoms with Crippen molar-refractivity contribution in [3.05, 3.63) is 235 Å². The van der Waals surface area contributed by atoms with Crippen LogP contribution in [0.25, 0.3) is 89.4 Å². The van der Waals surface area contributed by atoms with Crippen LogP contribution in [0.4, 0.5) is 0 Å². The van der Waals surface area contributed by atoms with Crippen molar-refractivity contribution in [2.24, 2.45) is 0 Å². The van der Waals surface area contributed by atoms with Gasteiger partial charge >= 0.3 is 0 Å². The van der Waals surface area contributed by atoms with Crippen LogP contribution < -0.4 is 0 Å². The van der Waals surface area contributed by atoms with Crippen LogP contribution in [0.2, 0.25) is 0 Å². The minimum Gasteiger partial charge on any atom is -0.208 e. The molecule has 2 aliphatic rings. The highest BCUT2D eigenvalue weighted by atomic mass is 15.0. The lowest BCUT2D eigenvalue weighted by Gasteiger charge is -2.31. The Labute approximate surface area is 343 Å². The highest BCUT2D eigenvalue weighted by Gasteiger charge is 2.52. The van der Waals surface area contributed by atoms with E-state index >= 15 is 0 Å². The van der Waals surface area contributed by atoms with E-state index in [1.807, 2.05) is 24.3 Å². The zero-order chi connectivity index (χ0) is 38.9. The molecule has 1 heterocycles. The summed E-state index contributed by atoms with van der Waals surface area (Å²) < 4.78 is 0. The second-order valence-corrected chi connectivity index (χ2v) is 15.5. The molecule has 59 heavy (non-hydrogen) atoms. The van der Waals surface area contributed by atoms with Gasteiger partial charge in [0.1, 0.15) is 0 Å². The van der Waals surface area contributed by atoms with E-state index in [0.717, 1.165) is 27.8 Å². The highest BCUT2D eigenvalue weighted by Crippen LogP contribution is 2.65.